The van der Waals surface area contributed by atoms with Gasteiger partial charge in [0.25, 0.3) is 0 Å². The molecular weight excluding hydrogens is 208 g/mol. The summed E-state index contributed by atoms with van der Waals surface area (Å²) in [7, 11) is 0. The molecule has 0 heterocycles. The molecule has 0 aromatic carbocycles. The van der Waals surface area contributed by atoms with E-state index in [1.54, 1.807) is 6.92 Å². The first-order valence-electron chi connectivity index (χ1n) is 7.46. The molecule has 0 aromatic rings. The van der Waals surface area contributed by atoms with Crippen LogP contribution in [-0.2, 0) is 4.79 Å². The van der Waals surface area contributed by atoms with Crippen molar-refractivity contribution < 1.29 is 4.79 Å². The third-order valence-electron chi connectivity index (χ3n) is 4.09. The van der Waals surface area contributed by atoms with Crippen LogP contribution >= 0.6 is 0 Å². The molecule has 0 radical (unpaired) electrons. The SMILES string of the molecule is CCCCC(C)CCC(C)C(C)CCC(C)=O. The maximum absolute atomic E-state index is 11.0. The van der Waals surface area contributed by atoms with E-state index in [1.165, 1.54) is 32.1 Å². The minimum Gasteiger partial charge on any atom is -0.300 e. The smallest absolute Gasteiger partial charge is 0.129 e. The summed E-state index contributed by atoms with van der Waals surface area (Å²) in [5, 5.41) is 0. The number of carbonyl (C=O) groups is 1. The molecule has 0 rings (SSSR count). The zero-order valence-electron chi connectivity index (χ0n) is 12.6. The average molecular weight is 240 g/mol. The second-order valence-electron chi connectivity index (χ2n) is 6.02. The summed E-state index contributed by atoms with van der Waals surface area (Å²) >= 11 is 0. The van der Waals surface area contributed by atoms with Crippen molar-refractivity contribution in [3.63, 3.8) is 0 Å². The zero-order chi connectivity index (χ0) is 13.3. The van der Waals surface area contributed by atoms with E-state index in [1.807, 2.05) is 0 Å². The molecule has 0 saturated heterocycles. The van der Waals surface area contributed by atoms with Gasteiger partial charge in [0, 0.05) is 6.42 Å². The van der Waals surface area contributed by atoms with Crippen LogP contribution in [0.5, 0.6) is 0 Å². The van der Waals surface area contributed by atoms with Crippen LogP contribution in [0.4, 0.5) is 0 Å². The van der Waals surface area contributed by atoms with E-state index in [-0.39, 0.29) is 0 Å². The molecule has 0 aliphatic carbocycles. The molecule has 1 nitrogen and oxygen atoms in total. The van der Waals surface area contributed by atoms with Crippen LogP contribution in [0.15, 0.2) is 0 Å². The first kappa shape index (κ1) is 16.7. The van der Waals surface area contributed by atoms with Gasteiger partial charge < -0.3 is 4.79 Å². The van der Waals surface area contributed by atoms with E-state index in [0.29, 0.717) is 11.7 Å². The first-order valence-corrected chi connectivity index (χ1v) is 7.46. The van der Waals surface area contributed by atoms with Gasteiger partial charge in [0.2, 0.25) is 0 Å². The van der Waals surface area contributed by atoms with Gasteiger partial charge in [-0.05, 0) is 31.1 Å². The molecule has 0 N–H and O–H groups in total. The zero-order valence-corrected chi connectivity index (χ0v) is 12.6. The van der Waals surface area contributed by atoms with Crippen molar-refractivity contribution in [1.29, 1.82) is 0 Å². The molecule has 0 aliphatic rings. The number of carbonyl (C=O) groups excluding carboxylic acids is 1. The lowest BCUT2D eigenvalue weighted by atomic mass is 9.85. The van der Waals surface area contributed by atoms with Gasteiger partial charge in [0.05, 0.1) is 0 Å². The summed E-state index contributed by atoms with van der Waals surface area (Å²) in [5.41, 5.74) is 0. The van der Waals surface area contributed by atoms with Crippen molar-refractivity contribution in [1.82, 2.24) is 0 Å². The van der Waals surface area contributed by atoms with Gasteiger partial charge in [-0.2, -0.15) is 0 Å². The highest BCUT2D eigenvalue weighted by Crippen LogP contribution is 2.25. The summed E-state index contributed by atoms with van der Waals surface area (Å²) in [6.07, 6.45) is 8.57. The van der Waals surface area contributed by atoms with Crippen LogP contribution in [0.1, 0.15) is 79.6 Å². The maximum Gasteiger partial charge on any atom is 0.129 e. The van der Waals surface area contributed by atoms with Crippen LogP contribution in [0.25, 0.3) is 0 Å². The van der Waals surface area contributed by atoms with Crippen molar-refractivity contribution in [2.45, 2.75) is 79.6 Å². The minimum absolute atomic E-state index is 0.334. The molecular formula is C16H32O. The molecule has 0 spiro atoms. The molecule has 17 heavy (non-hydrogen) atoms. The lowest BCUT2D eigenvalue weighted by Crippen LogP contribution is -2.11. The number of hydrogen-bond acceptors (Lipinski definition) is 1. The second kappa shape index (κ2) is 9.67. The number of hydrogen-bond donors (Lipinski definition) is 0. The van der Waals surface area contributed by atoms with Crippen LogP contribution in [0, 0.1) is 17.8 Å². The number of Topliss-reactive ketones (excluding diaryl/α,β-unsaturated/α-hetero) is 1. The van der Waals surface area contributed by atoms with E-state index in [9.17, 15) is 4.79 Å². The molecule has 0 saturated carbocycles. The topological polar surface area (TPSA) is 17.1 Å². The van der Waals surface area contributed by atoms with Gasteiger partial charge in [-0.3, -0.25) is 0 Å². The Morgan fingerprint density at radius 3 is 2.06 bits per heavy atom. The molecule has 0 fully saturated rings. The Bertz CT molecular complexity index is 198. The molecule has 0 bridgehead atoms. The quantitative estimate of drug-likeness (QED) is 0.510. The van der Waals surface area contributed by atoms with Crippen molar-refractivity contribution in [3.05, 3.63) is 0 Å². The van der Waals surface area contributed by atoms with E-state index in [0.717, 1.165) is 24.7 Å². The fourth-order valence-corrected chi connectivity index (χ4v) is 2.24. The van der Waals surface area contributed by atoms with Crippen LogP contribution in [-0.4, -0.2) is 5.78 Å². The van der Waals surface area contributed by atoms with Crippen LogP contribution in [0.2, 0.25) is 0 Å². The molecule has 0 amide bonds. The van der Waals surface area contributed by atoms with Crippen molar-refractivity contribution in [2.75, 3.05) is 0 Å². The standard InChI is InChI=1S/C16H32O/c1-6-7-8-13(2)9-10-14(3)15(4)11-12-16(5)17/h13-15H,6-12H2,1-5H3. The van der Waals surface area contributed by atoms with Gasteiger partial charge in [-0.15, -0.1) is 0 Å². The fraction of sp³-hybridized carbons (Fsp3) is 0.938. The normalized spacial score (nSPS) is 16.5. The van der Waals surface area contributed by atoms with E-state index >= 15 is 0 Å². The Hall–Kier alpha value is -0.330. The van der Waals surface area contributed by atoms with Gasteiger partial charge in [0.1, 0.15) is 5.78 Å². The van der Waals surface area contributed by atoms with Crippen molar-refractivity contribution in [2.24, 2.45) is 17.8 Å². The predicted octanol–water partition coefficient (Wildman–Crippen LogP) is 5.23. The summed E-state index contributed by atoms with van der Waals surface area (Å²) < 4.78 is 0. The number of unbranched alkanes of at least 4 members (excludes halogenated alkanes) is 1. The Balaban J connectivity index is 3.68. The van der Waals surface area contributed by atoms with E-state index in [2.05, 4.69) is 27.7 Å². The highest BCUT2D eigenvalue weighted by molar-refractivity contribution is 5.75. The van der Waals surface area contributed by atoms with Crippen LogP contribution < -0.4 is 0 Å². The van der Waals surface area contributed by atoms with Crippen molar-refractivity contribution >= 4 is 5.78 Å². The second-order valence-corrected chi connectivity index (χ2v) is 6.02. The Kier molecular flexibility index (Phi) is 9.49. The molecule has 0 aliphatic heterocycles. The third-order valence-corrected chi connectivity index (χ3v) is 4.09. The first-order chi connectivity index (χ1) is 7.97. The van der Waals surface area contributed by atoms with Gasteiger partial charge in [-0.25, -0.2) is 0 Å². The largest absolute Gasteiger partial charge is 0.300 e. The summed E-state index contributed by atoms with van der Waals surface area (Å²) in [4.78, 5) is 11.0. The maximum atomic E-state index is 11.0. The van der Waals surface area contributed by atoms with Gasteiger partial charge >= 0.3 is 0 Å². The van der Waals surface area contributed by atoms with E-state index < -0.39 is 0 Å². The Morgan fingerprint density at radius 1 is 0.941 bits per heavy atom. The molecule has 0 aromatic heterocycles. The highest BCUT2D eigenvalue weighted by Gasteiger charge is 2.14. The number of ketones is 1. The van der Waals surface area contributed by atoms with Gasteiger partial charge in [0.15, 0.2) is 0 Å². The van der Waals surface area contributed by atoms with Gasteiger partial charge in [-0.1, -0.05) is 59.8 Å². The Morgan fingerprint density at radius 2 is 1.53 bits per heavy atom. The lowest BCUT2D eigenvalue weighted by Gasteiger charge is -2.21. The average Bonchev–Trinajstić information content (AvgIpc) is 2.29. The van der Waals surface area contributed by atoms with E-state index in [4.69, 9.17) is 0 Å². The summed E-state index contributed by atoms with van der Waals surface area (Å²) in [6.45, 7) is 11.0. The molecule has 102 valence electrons. The highest BCUT2D eigenvalue weighted by atomic mass is 16.1. The lowest BCUT2D eigenvalue weighted by molar-refractivity contribution is -0.117. The Labute approximate surface area is 108 Å². The molecule has 1 heteroatoms. The minimum atomic E-state index is 0.334. The molecule has 3 unspecified atom stereocenters. The summed E-state index contributed by atoms with van der Waals surface area (Å²) in [6, 6.07) is 0. The van der Waals surface area contributed by atoms with Crippen LogP contribution in [0.3, 0.4) is 0 Å². The van der Waals surface area contributed by atoms with Crippen molar-refractivity contribution in [3.8, 4) is 0 Å². The molecule has 3 atom stereocenters. The third kappa shape index (κ3) is 9.38. The monoisotopic (exact) mass is 240 g/mol. The summed E-state index contributed by atoms with van der Waals surface area (Å²) in [5.74, 6) is 2.66. The predicted molar refractivity (Wildman–Crippen MR) is 76.2 cm³/mol. The fourth-order valence-electron chi connectivity index (χ4n) is 2.24. The number of rotatable bonds is 10.